The van der Waals surface area contributed by atoms with E-state index in [0.29, 0.717) is 5.69 Å². The van der Waals surface area contributed by atoms with Crippen LogP contribution in [0.15, 0.2) is 48.5 Å². The van der Waals surface area contributed by atoms with Crippen molar-refractivity contribution in [3.8, 4) is 0 Å². The molecule has 0 saturated carbocycles. The molecule has 3 rings (SSSR count). The van der Waals surface area contributed by atoms with Gasteiger partial charge in [0.25, 0.3) is 11.8 Å². The highest BCUT2D eigenvalue weighted by atomic mass is 16.4. The van der Waals surface area contributed by atoms with Crippen molar-refractivity contribution < 1.29 is 19.5 Å². The number of carboxylic acids is 1. The molecule has 0 radical (unpaired) electrons. The highest BCUT2D eigenvalue weighted by Gasteiger charge is 2.36. The molecule has 2 aromatic rings. The first-order chi connectivity index (χ1) is 10.1. The average molecular weight is 282 g/mol. The van der Waals surface area contributed by atoms with Crippen LogP contribution in [0.25, 0.3) is 0 Å². The van der Waals surface area contributed by atoms with Gasteiger partial charge in [-0.1, -0.05) is 18.2 Å². The van der Waals surface area contributed by atoms with Crippen LogP contribution in [0.1, 0.15) is 31.1 Å². The highest BCUT2D eigenvalue weighted by molar-refractivity contribution is 6.22. The topological polar surface area (TPSA) is 86.7 Å². The Morgan fingerprint density at radius 3 is 2.29 bits per heavy atom. The molecule has 2 amide bonds. The van der Waals surface area contributed by atoms with Gasteiger partial charge in [0.15, 0.2) is 0 Å². The molecule has 1 heterocycles. The second-order valence-corrected chi connectivity index (χ2v) is 4.49. The van der Waals surface area contributed by atoms with E-state index in [1.54, 1.807) is 24.3 Å². The molecule has 2 N–H and O–H groups in total. The Kier molecular flexibility index (Phi) is 2.91. The number of nitrogens with zero attached hydrogens (tertiary/aromatic N) is 1. The molecule has 2 aromatic carbocycles. The Hall–Kier alpha value is -3.15. The molecule has 6 heteroatoms. The maximum absolute atomic E-state index is 12.2. The van der Waals surface area contributed by atoms with Crippen LogP contribution in [-0.4, -0.2) is 27.9 Å². The Labute approximate surface area is 119 Å². The van der Waals surface area contributed by atoms with Crippen molar-refractivity contribution in [1.82, 2.24) is 5.01 Å². The minimum Gasteiger partial charge on any atom is -0.478 e. The van der Waals surface area contributed by atoms with Crippen LogP contribution >= 0.6 is 0 Å². The summed E-state index contributed by atoms with van der Waals surface area (Å²) in [6, 6.07) is 12.6. The average Bonchev–Trinajstić information content (AvgIpc) is 2.73. The third-order valence-electron chi connectivity index (χ3n) is 3.15. The lowest BCUT2D eigenvalue weighted by Gasteiger charge is -2.16. The number of aromatic carboxylic acids is 1. The zero-order valence-corrected chi connectivity index (χ0v) is 10.7. The van der Waals surface area contributed by atoms with Gasteiger partial charge < -0.3 is 5.11 Å². The number of hydrogen-bond donors (Lipinski definition) is 2. The molecule has 0 bridgehead atoms. The Morgan fingerprint density at radius 2 is 1.62 bits per heavy atom. The molecule has 0 atom stereocenters. The predicted octanol–water partition coefficient (Wildman–Crippen LogP) is 2.01. The minimum atomic E-state index is -1.15. The van der Waals surface area contributed by atoms with E-state index < -0.39 is 17.8 Å². The summed E-state index contributed by atoms with van der Waals surface area (Å²) in [7, 11) is 0. The number of anilines is 1. The summed E-state index contributed by atoms with van der Waals surface area (Å²) in [5, 5.41) is 9.82. The van der Waals surface area contributed by atoms with Gasteiger partial charge in [-0.15, -0.1) is 0 Å². The van der Waals surface area contributed by atoms with E-state index in [9.17, 15) is 14.4 Å². The molecular formula is C15H10N2O4. The van der Waals surface area contributed by atoms with Crippen molar-refractivity contribution >= 4 is 23.5 Å². The smallest absolute Gasteiger partial charge is 0.335 e. The Morgan fingerprint density at radius 1 is 0.952 bits per heavy atom. The van der Waals surface area contributed by atoms with Gasteiger partial charge >= 0.3 is 5.97 Å². The first-order valence-corrected chi connectivity index (χ1v) is 6.16. The van der Waals surface area contributed by atoms with Crippen LogP contribution in [-0.2, 0) is 0 Å². The number of carbonyl (C=O) groups excluding carboxylic acids is 2. The number of nitrogens with one attached hydrogen (secondary N) is 1. The zero-order valence-electron chi connectivity index (χ0n) is 10.7. The normalized spacial score (nSPS) is 13.2. The van der Waals surface area contributed by atoms with E-state index in [-0.39, 0.29) is 16.7 Å². The SMILES string of the molecule is O=C(O)c1ccc2c(c1)C(=O)N(Nc1ccccc1)C2=O. The molecule has 6 nitrogen and oxygen atoms in total. The van der Waals surface area contributed by atoms with Crippen molar-refractivity contribution in [2.75, 3.05) is 5.43 Å². The van der Waals surface area contributed by atoms with Crippen molar-refractivity contribution in [3.05, 3.63) is 65.2 Å². The van der Waals surface area contributed by atoms with E-state index in [1.165, 1.54) is 18.2 Å². The number of benzene rings is 2. The lowest BCUT2D eigenvalue weighted by atomic mass is 10.1. The summed E-state index contributed by atoms with van der Waals surface area (Å²) in [5.41, 5.74) is 3.55. The summed E-state index contributed by atoms with van der Waals surface area (Å²) in [4.78, 5) is 35.4. The van der Waals surface area contributed by atoms with Gasteiger partial charge in [0, 0.05) is 0 Å². The number of rotatable bonds is 3. The number of hydrazine groups is 1. The summed E-state index contributed by atoms with van der Waals surface area (Å²) < 4.78 is 0. The van der Waals surface area contributed by atoms with E-state index in [1.807, 2.05) is 6.07 Å². The van der Waals surface area contributed by atoms with Crippen molar-refractivity contribution in [1.29, 1.82) is 0 Å². The number of amides is 2. The van der Waals surface area contributed by atoms with Gasteiger partial charge in [-0.3, -0.25) is 15.0 Å². The third kappa shape index (κ3) is 2.12. The van der Waals surface area contributed by atoms with Gasteiger partial charge in [0.1, 0.15) is 0 Å². The molecule has 21 heavy (non-hydrogen) atoms. The van der Waals surface area contributed by atoms with Crippen LogP contribution in [0.4, 0.5) is 5.69 Å². The standard InChI is InChI=1S/C15H10N2O4/c18-13-11-7-6-9(15(20)21)8-12(11)14(19)17(13)16-10-4-2-1-3-5-10/h1-8,16H,(H,20,21). The number of para-hydroxylation sites is 1. The van der Waals surface area contributed by atoms with Crippen LogP contribution in [0.5, 0.6) is 0 Å². The van der Waals surface area contributed by atoms with Crippen molar-refractivity contribution in [2.24, 2.45) is 0 Å². The molecule has 0 aromatic heterocycles. The number of fused-ring (bicyclic) bond motifs is 1. The van der Waals surface area contributed by atoms with Gasteiger partial charge in [0.2, 0.25) is 0 Å². The van der Waals surface area contributed by atoms with Gasteiger partial charge in [-0.2, -0.15) is 5.01 Å². The quantitative estimate of drug-likeness (QED) is 0.841. The monoisotopic (exact) mass is 282 g/mol. The molecular weight excluding hydrogens is 272 g/mol. The second-order valence-electron chi connectivity index (χ2n) is 4.49. The summed E-state index contributed by atoms with van der Waals surface area (Å²) in [6.07, 6.45) is 0. The zero-order chi connectivity index (χ0) is 15.0. The molecule has 0 unspecified atom stereocenters. The van der Waals surface area contributed by atoms with Crippen LogP contribution in [0, 0.1) is 0 Å². The fourth-order valence-corrected chi connectivity index (χ4v) is 2.12. The molecule has 0 aliphatic carbocycles. The van der Waals surface area contributed by atoms with E-state index in [0.717, 1.165) is 5.01 Å². The number of hydrogen-bond acceptors (Lipinski definition) is 4. The largest absolute Gasteiger partial charge is 0.478 e. The van der Waals surface area contributed by atoms with E-state index >= 15 is 0 Å². The van der Waals surface area contributed by atoms with Crippen LogP contribution in [0.2, 0.25) is 0 Å². The van der Waals surface area contributed by atoms with Crippen LogP contribution in [0.3, 0.4) is 0 Å². The molecule has 0 saturated heterocycles. The first kappa shape index (κ1) is 12.9. The summed E-state index contributed by atoms with van der Waals surface area (Å²) in [5.74, 6) is -2.22. The maximum Gasteiger partial charge on any atom is 0.335 e. The fourth-order valence-electron chi connectivity index (χ4n) is 2.12. The minimum absolute atomic E-state index is 0.0311. The summed E-state index contributed by atoms with van der Waals surface area (Å²) in [6.45, 7) is 0. The Bertz CT molecular complexity index is 756. The van der Waals surface area contributed by atoms with Gasteiger partial charge in [-0.25, -0.2) is 4.79 Å². The number of carbonyl (C=O) groups is 3. The van der Waals surface area contributed by atoms with Crippen molar-refractivity contribution in [3.63, 3.8) is 0 Å². The second kappa shape index (κ2) is 4.75. The first-order valence-electron chi connectivity index (χ1n) is 6.16. The third-order valence-corrected chi connectivity index (χ3v) is 3.15. The molecule has 1 aliphatic heterocycles. The van der Waals surface area contributed by atoms with Crippen molar-refractivity contribution in [2.45, 2.75) is 0 Å². The van der Waals surface area contributed by atoms with Gasteiger partial charge in [-0.05, 0) is 30.3 Å². The number of imide groups is 1. The lowest BCUT2D eigenvalue weighted by molar-refractivity contribution is 0.0684. The molecule has 0 fully saturated rings. The van der Waals surface area contributed by atoms with Crippen LogP contribution < -0.4 is 5.43 Å². The maximum atomic E-state index is 12.2. The van der Waals surface area contributed by atoms with E-state index in [4.69, 9.17) is 5.11 Å². The molecule has 0 spiro atoms. The summed E-state index contributed by atoms with van der Waals surface area (Å²) >= 11 is 0. The molecule has 1 aliphatic rings. The predicted molar refractivity (Wildman–Crippen MR) is 74.0 cm³/mol. The lowest BCUT2D eigenvalue weighted by Crippen LogP contribution is -2.35. The fraction of sp³-hybridized carbons (Fsp3) is 0. The van der Waals surface area contributed by atoms with Gasteiger partial charge in [0.05, 0.1) is 22.4 Å². The Balaban J connectivity index is 1.95. The molecule has 104 valence electrons. The highest BCUT2D eigenvalue weighted by Crippen LogP contribution is 2.24. The number of carboxylic acid groups (broad SMARTS) is 1. The van der Waals surface area contributed by atoms with E-state index in [2.05, 4.69) is 5.43 Å².